The SMILES string of the molecule is NC(C1=CCCCC1)C1CC2CC2C1. The minimum atomic E-state index is 0.420. The predicted molar refractivity (Wildman–Crippen MR) is 58.8 cm³/mol. The van der Waals surface area contributed by atoms with Gasteiger partial charge in [-0.3, -0.25) is 0 Å². The summed E-state index contributed by atoms with van der Waals surface area (Å²) in [5.74, 6) is 2.99. The van der Waals surface area contributed by atoms with Crippen molar-refractivity contribution in [1.82, 2.24) is 0 Å². The van der Waals surface area contributed by atoms with Crippen LogP contribution in [0.1, 0.15) is 44.9 Å². The lowest BCUT2D eigenvalue weighted by Gasteiger charge is -2.25. The lowest BCUT2D eigenvalue weighted by Crippen LogP contribution is -2.32. The lowest BCUT2D eigenvalue weighted by atomic mass is 9.85. The molecule has 0 radical (unpaired) electrons. The van der Waals surface area contributed by atoms with E-state index in [1.54, 1.807) is 5.57 Å². The molecular formula is C13H21N. The summed E-state index contributed by atoms with van der Waals surface area (Å²) in [6.07, 6.45) is 12.1. The van der Waals surface area contributed by atoms with Crippen molar-refractivity contribution in [2.45, 2.75) is 51.0 Å². The third kappa shape index (κ3) is 1.52. The fraction of sp³-hybridized carbons (Fsp3) is 0.846. The van der Waals surface area contributed by atoms with Crippen LogP contribution in [0.5, 0.6) is 0 Å². The van der Waals surface area contributed by atoms with Crippen LogP contribution in [0.2, 0.25) is 0 Å². The largest absolute Gasteiger partial charge is 0.324 e. The molecule has 0 aromatic heterocycles. The number of allylic oxidation sites excluding steroid dienone is 1. The highest BCUT2D eigenvalue weighted by molar-refractivity contribution is 5.16. The molecule has 78 valence electrons. The molecular weight excluding hydrogens is 170 g/mol. The Morgan fingerprint density at radius 3 is 2.57 bits per heavy atom. The zero-order chi connectivity index (χ0) is 9.54. The van der Waals surface area contributed by atoms with Crippen molar-refractivity contribution in [3.63, 3.8) is 0 Å². The topological polar surface area (TPSA) is 26.0 Å². The Hall–Kier alpha value is -0.300. The summed E-state index contributed by atoms with van der Waals surface area (Å²) in [5, 5.41) is 0. The van der Waals surface area contributed by atoms with Crippen LogP contribution >= 0.6 is 0 Å². The fourth-order valence-electron chi connectivity index (χ4n) is 3.52. The van der Waals surface area contributed by atoms with Gasteiger partial charge in [-0.05, 0) is 62.7 Å². The summed E-state index contributed by atoms with van der Waals surface area (Å²) in [4.78, 5) is 0. The molecule has 1 nitrogen and oxygen atoms in total. The number of fused-ring (bicyclic) bond motifs is 1. The number of nitrogens with two attached hydrogens (primary N) is 1. The summed E-state index contributed by atoms with van der Waals surface area (Å²) in [7, 11) is 0. The van der Waals surface area contributed by atoms with Crippen LogP contribution in [-0.2, 0) is 0 Å². The highest BCUT2D eigenvalue weighted by atomic mass is 14.7. The van der Waals surface area contributed by atoms with Gasteiger partial charge in [0.1, 0.15) is 0 Å². The molecule has 1 heteroatoms. The monoisotopic (exact) mass is 191 g/mol. The average molecular weight is 191 g/mol. The first-order valence-corrected chi connectivity index (χ1v) is 6.29. The average Bonchev–Trinajstić information content (AvgIpc) is 2.86. The minimum absolute atomic E-state index is 0.420. The van der Waals surface area contributed by atoms with E-state index in [-0.39, 0.29) is 0 Å². The maximum absolute atomic E-state index is 6.37. The van der Waals surface area contributed by atoms with Crippen LogP contribution < -0.4 is 5.73 Å². The number of hydrogen-bond acceptors (Lipinski definition) is 1. The standard InChI is InChI=1S/C13H21N/c14-13(9-4-2-1-3-5-9)12-7-10-6-11(10)8-12/h4,10-13H,1-3,5-8,14H2. The Morgan fingerprint density at radius 1 is 1.14 bits per heavy atom. The van der Waals surface area contributed by atoms with Crippen molar-refractivity contribution in [3.8, 4) is 0 Å². The zero-order valence-electron chi connectivity index (χ0n) is 8.91. The lowest BCUT2D eigenvalue weighted by molar-refractivity contribution is 0.415. The first-order chi connectivity index (χ1) is 6.84. The molecule has 2 fully saturated rings. The Labute approximate surface area is 86.8 Å². The van der Waals surface area contributed by atoms with Gasteiger partial charge in [0, 0.05) is 6.04 Å². The van der Waals surface area contributed by atoms with E-state index in [4.69, 9.17) is 5.73 Å². The normalized spacial score (nSPS) is 42.9. The quantitative estimate of drug-likeness (QED) is 0.667. The molecule has 2 N–H and O–H groups in total. The van der Waals surface area contributed by atoms with E-state index in [0.717, 1.165) is 17.8 Å². The second-order valence-electron chi connectivity index (χ2n) is 5.54. The van der Waals surface area contributed by atoms with Crippen LogP contribution in [0.4, 0.5) is 0 Å². The molecule has 0 bridgehead atoms. The third-order valence-electron chi connectivity index (χ3n) is 4.54. The van der Waals surface area contributed by atoms with Crippen molar-refractivity contribution in [2.24, 2.45) is 23.5 Å². The maximum atomic E-state index is 6.37. The highest BCUT2D eigenvalue weighted by Crippen LogP contribution is 2.55. The van der Waals surface area contributed by atoms with Crippen LogP contribution in [-0.4, -0.2) is 6.04 Å². The smallest absolute Gasteiger partial charge is 0.0282 e. The highest BCUT2D eigenvalue weighted by Gasteiger charge is 2.47. The summed E-state index contributed by atoms with van der Waals surface area (Å²) in [6, 6.07) is 0.420. The molecule has 14 heavy (non-hydrogen) atoms. The molecule has 2 saturated carbocycles. The van der Waals surface area contributed by atoms with Gasteiger partial charge in [0.2, 0.25) is 0 Å². The van der Waals surface area contributed by atoms with Gasteiger partial charge >= 0.3 is 0 Å². The summed E-state index contributed by atoms with van der Waals surface area (Å²) >= 11 is 0. The van der Waals surface area contributed by atoms with E-state index in [2.05, 4.69) is 6.08 Å². The molecule has 3 unspecified atom stereocenters. The number of rotatable bonds is 2. The Bertz CT molecular complexity index is 246. The van der Waals surface area contributed by atoms with Crippen molar-refractivity contribution < 1.29 is 0 Å². The van der Waals surface area contributed by atoms with Gasteiger partial charge in [0.15, 0.2) is 0 Å². The van der Waals surface area contributed by atoms with Crippen molar-refractivity contribution >= 4 is 0 Å². The zero-order valence-corrected chi connectivity index (χ0v) is 8.91. The molecule has 3 rings (SSSR count). The van der Waals surface area contributed by atoms with E-state index in [1.165, 1.54) is 44.9 Å². The third-order valence-corrected chi connectivity index (χ3v) is 4.54. The first-order valence-electron chi connectivity index (χ1n) is 6.29. The Balaban J connectivity index is 1.63. The van der Waals surface area contributed by atoms with Crippen LogP contribution in [0.25, 0.3) is 0 Å². The van der Waals surface area contributed by atoms with Crippen molar-refractivity contribution in [2.75, 3.05) is 0 Å². The van der Waals surface area contributed by atoms with Crippen LogP contribution in [0.15, 0.2) is 11.6 Å². The molecule has 3 aliphatic carbocycles. The maximum Gasteiger partial charge on any atom is 0.0282 e. The molecule has 0 aromatic carbocycles. The van der Waals surface area contributed by atoms with Gasteiger partial charge in [-0.15, -0.1) is 0 Å². The first kappa shape index (κ1) is 8.96. The van der Waals surface area contributed by atoms with Gasteiger partial charge in [0.25, 0.3) is 0 Å². The van der Waals surface area contributed by atoms with E-state index in [9.17, 15) is 0 Å². The van der Waals surface area contributed by atoms with Gasteiger partial charge < -0.3 is 5.73 Å². The predicted octanol–water partition coefficient (Wildman–Crippen LogP) is 2.86. The minimum Gasteiger partial charge on any atom is -0.324 e. The van der Waals surface area contributed by atoms with Crippen molar-refractivity contribution in [1.29, 1.82) is 0 Å². The summed E-state index contributed by atoms with van der Waals surface area (Å²) < 4.78 is 0. The van der Waals surface area contributed by atoms with E-state index in [0.29, 0.717) is 6.04 Å². The summed E-state index contributed by atoms with van der Waals surface area (Å²) in [5.41, 5.74) is 7.95. The second kappa shape index (κ2) is 3.37. The molecule has 3 atom stereocenters. The second-order valence-corrected chi connectivity index (χ2v) is 5.54. The van der Waals surface area contributed by atoms with E-state index in [1.807, 2.05) is 0 Å². The van der Waals surface area contributed by atoms with E-state index >= 15 is 0 Å². The van der Waals surface area contributed by atoms with Gasteiger partial charge in [-0.1, -0.05) is 11.6 Å². The van der Waals surface area contributed by atoms with Crippen molar-refractivity contribution in [3.05, 3.63) is 11.6 Å². The van der Waals surface area contributed by atoms with Gasteiger partial charge in [0.05, 0.1) is 0 Å². The van der Waals surface area contributed by atoms with E-state index < -0.39 is 0 Å². The van der Waals surface area contributed by atoms with Crippen LogP contribution in [0.3, 0.4) is 0 Å². The van der Waals surface area contributed by atoms with Crippen LogP contribution in [0, 0.1) is 17.8 Å². The molecule has 0 saturated heterocycles. The molecule has 3 aliphatic rings. The van der Waals surface area contributed by atoms with Gasteiger partial charge in [-0.25, -0.2) is 0 Å². The molecule has 0 aliphatic heterocycles. The Morgan fingerprint density at radius 2 is 1.93 bits per heavy atom. The molecule has 0 spiro atoms. The molecule has 0 aromatic rings. The fourth-order valence-corrected chi connectivity index (χ4v) is 3.52. The number of hydrogen-bond donors (Lipinski definition) is 1. The molecule has 0 heterocycles. The molecule has 0 amide bonds. The Kier molecular flexibility index (Phi) is 2.16. The summed E-state index contributed by atoms with van der Waals surface area (Å²) in [6.45, 7) is 0. The van der Waals surface area contributed by atoms with Gasteiger partial charge in [-0.2, -0.15) is 0 Å².